The van der Waals surface area contributed by atoms with Crippen LogP contribution in [-0.2, 0) is 6.42 Å². The average Bonchev–Trinajstić information content (AvgIpc) is 2.81. The van der Waals surface area contributed by atoms with Gasteiger partial charge in [-0.1, -0.05) is 13.3 Å². The molecule has 0 aliphatic heterocycles. The summed E-state index contributed by atoms with van der Waals surface area (Å²) in [7, 11) is 0. The van der Waals surface area contributed by atoms with Gasteiger partial charge in [0.1, 0.15) is 11.3 Å². The second-order valence-corrected chi connectivity index (χ2v) is 5.73. The molecule has 0 saturated heterocycles. The maximum absolute atomic E-state index is 5.68. The largest absolute Gasteiger partial charge is 0.330 e. The number of pyridine rings is 1. The molecule has 0 aliphatic carbocycles. The van der Waals surface area contributed by atoms with Crippen LogP contribution in [0.2, 0.25) is 0 Å². The van der Waals surface area contributed by atoms with E-state index >= 15 is 0 Å². The molecule has 0 amide bonds. The average molecular weight is 274 g/mol. The fraction of sp³-hybridized carbons (Fsp3) is 0.625. The van der Waals surface area contributed by atoms with Crippen molar-refractivity contribution in [2.24, 2.45) is 11.7 Å². The first-order valence-electron chi connectivity index (χ1n) is 7.69. The first-order chi connectivity index (χ1) is 9.67. The Morgan fingerprint density at radius 2 is 2.10 bits per heavy atom. The summed E-state index contributed by atoms with van der Waals surface area (Å²) < 4.78 is 2.27. The maximum Gasteiger partial charge on any atom is 0.160 e. The summed E-state index contributed by atoms with van der Waals surface area (Å²) in [5.41, 5.74) is 7.69. The maximum atomic E-state index is 5.68. The number of hydrogen-bond acceptors (Lipinski definition) is 3. The molecule has 20 heavy (non-hydrogen) atoms. The van der Waals surface area contributed by atoms with Gasteiger partial charge in [-0.3, -0.25) is 0 Å². The van der Waals surface area contributed by atoms with Crippen molar-refractivity contribution in [2.75, 3.05) is 6.54 Å². The highest BCUT2D eigenvalue weighted by Crippen LogP contribution is 2.22. The van der Waals surface area contributed by atoms with E-state index in [1.54, 1.807) is 0 Å². The van der Waals surface area contributed by atoms with E-state index in [2.05, 4.69) is 30.3 Å². The Kier molecular flexibility index (Phi) is 5.12. The minimum Gasteiger partial charge on any atom is -0.330 e. The summed E-state index contributed by atoms with van der Waals surface area (Å²) in [6.07, 6.45) is 6.31. The zero-order valence-electron chi connectivity index (χ0n) is 12.8. The second kappa shape index (κ2) is 6.84. The summed E-state index contributed by atoms with van der Waals surface area (Å²) in [6.45, 7) is 7.40. The van der Waals surface area contributed by atoms with Crippen molar-refractivity contribution >= 4 is 11.2 Å². The molecular weight excluding hydrogens is 248 g/mol. The first-order valence-corrected chi connectivity index (χ1v) is 7.69. The molecule has 0 spiro atoms. The molecule has 1 unspecified atom stereocenters. The predicted molar refractivity (Wildman–Crippen MR) is 83.7 cm³/mol. The van der Waals surface area contributed by atoms with Crippen LogP contribution < -0.4 is 5.73 Å². The smallest absolute Gasteiger partial charge is 0.160 e. The lowest BCUT2D eigenvalue weighted by Crippen LogP contribution is -2.12. The van der Waals surface area contributed by atoms with Crippen LogP contribution in [0.1, 0.15) is 51.9 Å². The van der Waals surface area contributed by atoms with Crippen LogP contribution in [0.25, 0.3) is 11.2 Å². The molecule has 0 aliphatic rings. The SMILES string of the molecule is CCC(CCN)CCc1nc2cccnc2n1C(C)C. The quantitative estimate of drug-likeness (QED) is 0.842. The summed E-state index contributed by atoms with van der Waals surface area (Å²) in [6, 6.07) is 4.38. The van der Waals surface area contributed by atoms with Gasteiger partial charge in [-0.25, -0.2) is 9.97 Å². The standard InChI is InChI=1S/C16H26N4/c1-4-13(9-10-17)7-8-15-19-14-6-5-11-18-16(14)20(15)12(2)3/h5-6,11-13H,4,7-10,17H2,1-3H3. The van der Waals surface area contributed by atoms with Crippen LogP contribution >= 0.6 is 0 Å². The number of fused-ring (bicyclic) bond motifs is 1. The van der Waals surface area contributed by atoms with Crippen LogP contribution in [0.15, 0.2) is 18.3 Å². The monoisotopic (exact) mass is 274 g/mol. The highest BCUT2D eigenvalue weighted by atomic mass is 15.1. The van der Waals surface area contributed by atoms with Gasteiger partial charge in [-0.2, -0.15) is 0 Å². The predicted octanol–water partition coefficient (Wildman–Crippen LogP) is 3.32. The van der Waals surface area contributed by atoms with Crippen LogP contribution in [0.5, 0.6) is 0 Å². The highest BCUT2D eigenvalue weighted by molar-refractivity contribution is 5.71. The van der Waals surface area contributed by atoms with E-state index in [0.29, 0.717) is 12.0 Å². The summed E-state index contributed by atoms with van der Waals surface area (Å²) >= 11 is 0. The Morgan fingerprint density at radius 3 is 2.75 bits per heavy atom. The zero-order valence-corrected chi connectivity index (χ0v) is 12.8. The number of aromatic nitrogens is 3. The van der Waals surface area contributed by atoms with Crippen molar-refractivity contribution in [1.29, 1.82) is 0 Å². The Hall–Kier alpha value is -1.42. The normalized spacial score (nSPS) is 13.2. The summed E-state index contributed by atoms with van der Waals surface area (Å²) in [5, 5.41) is 0. The van der Waals surface area contributed by atoms with Gasteiger partial charge in [0.15, 0.2) is 5.65 Å². The summed E-state index contributed by atoms with van der Waals surface area (Å²) in [5.74, 6) is 1.86. The molecule has 0 fully saturated rings. The number of aryl methyl sites for hydroxylation is 1. The lowest BCUT2D eigenvalue weighted by Gasteiger charge is -2.15. The van der Waals surface area contributed by atoms with Gasteiger partial charge < -0.3 is 10.3 Å². The number of imidazole rings is 1. The molecule has 0 radical (unpaired) electrons. The van der Waals surface area contributed by atoms with Crippen LogP contribution in [-0.4, -0.2) is 21.1 Å². The topological polar surface area (TPSA) is 56.7 Å². The van der Waals surface area contributed by atoms with Gasteiger partial charge in [-0.15, -0.1) is 0 Å². The fourth-order valence-corrected chi connectivity index (χ4v) is 2.82. The van der Waals surface area contributed by atoms with Crippen molar-refractivity contribution in [2.45, 2.75) is 52.5 Å². The Balaban J connectivity index is 2.22. The molecule has 2 N–H and O–H groups in total. The minimum atomic E-state index is 0.388. The molecule has 0 saturated carbocycles. The van der Waals surface area contributed by atoms with E-state index in [1.165, 1.54) is 6.42 Å². The van der Waals surface area contributed by atoms with Crippen molar-refractivity contribution in [3.8, 4) is 0 Å². The molecule has 0 bridgehead atoms. The molecule has 110 valence electrons. The van der Waals surface area contributed by atoms with Gasteiger partial charge >= 0.3 is 0 Å². The molecule has 1 atom stereocenters. The number of nitrogens with zero attached hydrogens (tertiary/aromatic N) is 3. The van der Waals surface area contributed by atoms with Gasteiger partial charge in [-0.05, 0) is 51.3 Å². The van der Waals surface area contributed by atoms with Gasteiger partial charge in [0.2, 0.25) is 0 Å². The molecular formula is C16H26N4. The van der Waals surface area contributed by atoms with Gasteiger partial charge in [0, 0.05) is 18.7 Å². The van der Waals surface area contributed by atoms with Crippen molar-refractivity contribution in [3.63, 3.8) is 0 Å². The number of hydrogen-bond donors (Lipinski definition) is 1. The van der Waals surface area contributed by atoms with Crippen molar-refractivity contribution in [3.05, 3.63) is 24.2 Å². The van der Waals surface area contributed by atoms with Crippen LogP contribution in [0, 0.1) is 5.92 Å². The van der Waals surface area contributed by atoms with Crippen molar-refractivity contribution in [1.82, 2.24) is 14.5 Å². The molecule has 2 rings (SSSR count). The summed E-state index contributed by atoms with van der Waals surface area (Å²) in [4.78, 5) is 9.26. The van der Waals surface area contributed by atoms with E-state index in [-0.39, 0.29) is 0 Å². The molecule has 2 aromatic heterocycles. The molecule has 4 heteroatoms. The lowest BCUT2D eigenvalue weighted by atomic mass is 9.96. The van der Waals surface area contributed by atoms with E-state index in [0.717, 1.165) is 42.8 Å². The van der Waals surface area contributed by atoms with E-state index in [4.69, 9.17) is 10.7 Å². The highest BCUT2D eigenvalue weighted by Gasteiger charge is 2.15. The third kappa shape index (κ3) is 3.18. The molecule has 0 aromatic carbocycles. The Labute approximate surface area is 121 Å². The van der Waals surface area contributed by atoms with Crippen LogP contribution in [0.3, 0.4) is 0 Å². The number of nitrogens with two attached hydrogens (primary N) is 1. The minimum absolute atomic E-state index is 0.388. The zero-order chi connectivity index (χ0) is 14.5. The van der Waals surface area contributed by atoms with Gasteiger partial charge in [0.05, 0.1) is 0 Å². The van der Waals surface area contributed by atoms with Crippen LogP contribution in [0.4, 0.5) is 0 Å². The first kappa shape index (κ1) is 15.0. The molecule has 4 nitrogen and oxygen atoms in total. The van der Waals surface area contributed by atoms with Gasteiger partial charge in [0.25, 0.3) is 0 Å². The third-order valence-corrected chi connectivity index (χ3v) is 3.97. The molecule has 2 heterocycles. The Bertz CT molecular complexity index is 544. The molecule has 2 aromatic rings. The van der Waals surface area contributed by atoms with E-state index in [1.807, 2.05) is 18.3 Å². The fourth-order valence-electron chi connectivity index (χ4n) is 2.82. The lowest BCUT2D eigenvalue weighted by molar-refractivity contribution is 0.431. The number of rotatable bonds is 7. The third-order valence-electron chi connectivity index (χ3n) is 3.97. The van der Waals surface area contributed by atoms with Crippen molar-refractivity contribution < 1.29 is 0 Å². The van der Waals surface area contributed by atoms with E-state index in [9.17, 15) is 0 Å². The Morgan fingerprint density at radius 1 is 1.30 bits per heavy atom. The van der Waals surface area contributed by atoms with E-state index < -0.39 is 0 Å². The second-order valence-electron chi connectivity index (χ2n) is 5.73.